The molecule has 0 amide bonds. The number of aliphatic hydroxyl groups is 1. The van der Waals surface area contributed by atoms with E-state index < -0.39 is 6.29 Å². The minimum atomic E-state index is -0.489. The molecule has 0 aromatic heterocycles. The molecule has 1 fully saturated rings. The zero-order valence-electron chi connectivity index (χ0n) is 6.00. The van der Waals surface area contributed by atoms with Gasteiger partial charge in [-0.1, -0.05) is 13.8 Å². The van der Waals surface area contributed by atoms with Gasteiger partial charge in [-0.15, -0.1) is 0 Å². The van der Waals surface area contributed by atoms with E-state index in [1.165, 1.54) is 0 Å². The number of ether oxygens (including phenoxy) is 1. The Balaban J connectivity index is 2.30. The van der Waals surface area contributed by atoms with Crippen LogP contribution < -0.4 is 0 Å². The lowest BCUT2D eigenvalue weighted by atomic mass is 9.95. The molecule has 1 aliphatic rings. The van der Waals surface area contributed by atoms with Crippen molar-refractivity contribution in [2.24, 2.45) is 11.8 Å². The van der Waals surface area contributed by atoms with Gasteiger partial charge >= 0.3 is 0 Å². The van der Waals surface area contributed by atoms with Crippen molar-refractivity contribution in [1.29, 1.82) is 0 Å². The molecule has 1 heterocycles. The van der Waals surface area contributed by atoms with E-state index in [2.05, 4.69) is 13.8 Å². The normalized spacial score (nSPS) is 36.0. The van der Waals surface area contributed by atoms with Crippen LogP contribution in [0.2, 0.25) is 0 Å². The Hall–Kier alpha value is -0.0800. The topological polar surface area (TPSA) is 29.5 Å². The molecule has 0 spiro atoms. The molecular formula is C7H14O2. The molecule has 9 heavy (non-hydrogen) atoms. The van der Waals surface area contributed by atoms with Crippen molar-refractivity contribution in [3.63, 3.8) is 0 Å². The lowest BCUT2D eigenvalue weighted by Crippen LogP contribution is -2.07. The van der Waals surface area contributed by atoms with Crippen LogP contribution in [-0.2, 0) is 4.74 Å². The van der Waals surface area contributed by atoms with Crippen LogP contribution in [0.15, 0.2) is 0 Å². The van der Waals surface area contributed by atoms with Gasteiger partial charge < -0.3 is 9.84 Å². The highest BCUT2D eigenvalue weighted by Crippen LogP contribution is 2.24. The second-order valence-electron chi connectivity index (χ2n) is 3.03. The Bertz CT molecular complexity index is 90.9. The molecule has 2 unspecified atom stereocenters. The maximum absolute atomic E-state index is 8.93. The molecule has 0 bridgehead atoms. The number of hydrogen-bond acceptors (Lipinski definition) is 2. The number of rotatable bonds is 1. The summed E-state index contributed by atoms with van der Waals surface area (Å²) in [6.45, 7) is 5.05. The maximum atomic E-state index is 8.93. The van der Waals surface area contributed by atoms with E-state index in [-0.39, 0.29) is 0 Å². The van der Waals surface area contributed by atoms with E-state index in [1.54, 1.807) is 0 Å². The monoisotopic (exact) mass is 130 g/mol. The molecule has 0 radical (unpaired) electrons. The van der Waals surface area contributed by atoms with Gasteiger partial charge in [0.2, 0.25) is 0 Å². The average Bonchev–Trinajstić information content (AvgIpc) is 2.14. The number of aliphatic hydroxyl groups excluding tert-OH is 1. The first-order valence-corrected chi connectivity index (χ1v) is 3.50. The fraction of sp³-hybridized carbons (Fsp3) is 1.00. The summed E-state index contributed by atoms with van der Waals surface area (Å²) in [5.74, 6) is 1.21. The van der Waals surface area contributed by atoms with Crippen LogP contribution in [0.1, 0.15) is 20.3 Å². The first-order chi connectivity index (χ1) is 4.20. The van der Waals surface area contributed by atoms with E-state index in [9.17, 15) is 0 Å². The lowest BCUT2D eigenvalue weighted by Gasteiger charge is -2.09. The molecule has 2 heteroatoms. The SMILES string of the molecule is CC(C)C1COC(O)C1. The van der Waals surface area contributed by atoms with Gasteiger partial charge in [0, 0.05) is 6.42 Å². The van der Waals surface area contributed by atoms with Crippen molar-refractivity contribution in [3.8, 4) is 0 Å². The first-order valence-electron chi connectivity index (χ1n) is 3.50. The highest BCUT2D eigenvalue weighted by Gasteiger charge is 2.25. The Morgan fingerprint density at radius 1 is 1.56 bits per heavy atom. The molecule has 2 atom stereocenters. The van der Waals surface area contributed by atoms with Crippen LogP contribution in [0.5, 0.6) is 0 Å². The van der Waals surface area contributed by atoms with Crippen molar-refractivity contribution in [2.75, 3.05) is 6.61 Å². The molecule has 2 nitrogen and oxygen atoms in total. The van der Waals surface area contributed by atoms with Crippen molar-refractivity contribution >= 4 is 0 Å². The number of hydrogen-bond donors (Lipinski definition) is 1. The Morgan fingerprint density at radius 3 is 2.44 bits per heavy atom. The molecule has 1 aliphatic heterocycles. The van der Waals surface area contributed by atoms with Crippen molar-refractivity contribution in [3.05, 3.63) is 0 Å². The van der Waals surface area contributed by atoms with Crippen molar-refractivity contribution < 1.29 is 9.84 Å². The van der Waals surface area contributed by atoms with E-state index in [0.717, 1.165) is 13.0 Å². The smallest absolute Gasteiger partial charge is 0.154 e. The second-order valence-corrected chi connectivity index (χ2v) is 3.03. The summed E-state index contributed by atoms with van der Waals surface area (Å²) in [5, 5.41) is 8.93. The van der Waals surface area contributed by atoms with Gasteiger partial charge in [0.25, 0.3) is 0 Å². The fourth-order valence-electron chi connectivity index (χ4n) is 1.09. The molecule has 0 aromatic carbocycles. The highest BCUT2D eigenvalue weighted by molar-refractivity contribution is 4.69. The Morgan fingerprint density at radius 2 is 2.22 bits per heavy atom. The fourth-order valence-corrected chi connectivity index (χ4v) is 1.09. The van der Waals surface area contributed by atoms with Gasteiger partial charge in [-0.05, 0) is 11.8 Å². The summed E-state index contributed by atoms with van der Waals surface area (Å²) in [4.78, 5) is 0. The minimum Gasteiger partial charge on any atom is -0.368 e. The zero-order valence-corrected chi connectivity index (χ0v) is 6.00. The third-order valence-electron chi connectivity index (χ3n) is 1.95. The van der Waals surface area contributed by atoms with Crippen LogP contribution in [0.3, 0.4) is 0 Å². The maximum Gasteiger partial charge on any atom is 0.154 e. The van der Waals surface area contributed by atoms with Crippen LogP contribution in [0, 0.1) is 11.8 Å². The molecule has 1 rings (SSSR count). The minimum absolute atomic E-state index is 0.489. The third-order valence-corrected chi connectivity index (χ3v) is 1.95. The van der Waals surface area contributed by atoms with Crippen LogP contribution in [0.4, 0.5) is 0 Å². The molecule has 0 aromatic rings. The molecule has 54 valence electrons. The van der Waals surface area contributed by atoms with E-state index in [0.29, 0.717) is 11.8 Å². The summed E-state index contributed by atoms with van der Waals surface area (Å²) in [6, 6.07) is 0. The third kappa shape index (κ3) is 1.66. The summed E-state index contributed by atoms with van der Waals surface area (Å²) in [5.41, 5.74) is 0. The second kappa shape index (κ2) is 2.67. The van der Waals surface area contributed by atoms with Gasteiger partial charge in [-0.3, -0.25) is 0 Å². The van der Waals surface area contributed by atoms with Gasteiger partial charge in [-0.25, -0.2) is 0 Å². The van der Waals surface area contributed by atoms with Crippen LogP contribution in [0.25, 0.3) is 0 Å². The van der Waals surface area contributed by atoms with E-state index in [1.807, 2.05) is 0 Å². The van der Waals surface area contributed by atoms with Crippen LogP contribution >= 0.6 is 0 Å². The molecule has 0 aliphatic carbocycles. The quantitative estimate of drug-likeness (QED) is 0.573. The Kier molecular flexibility index (Phi) is 2.09. The summed E-state index contributed by atoms with van der Waals surface area (Å²) in [6.07, 6.45) is 0.329. The largest absolute Gasteiger partial charge is 0.368 e. The van der Waals surface area contributed by atoms with Gasteiger partial charge in [0.05, 0.1) is 6.61 Å². The molecule has 0 saturated carbocycles. The van der Waals surface area contributed by atoms with Crippen LogP contribution in [-0.4, -0.2) is 18.0 Å². The zero-order chi connectivity index (χ0) is 6.85. The summed E-state index contributed by atoms with van der Waals surface area (Å²) < 4.78 is 4.98. The van der Waals surface area contributed by atoms with Gasteiger partial charge in [0.1, 0.15) is 0 Å². The molecule has 1 N–H and O–H groups in total. The lowest BCUT2D eigenvalue weighted by molar-refractivity contribution is -0.0592. The predicted molar refractivity (Wildman–Crippen MR) is 34.9 cm³/mol. The van der Waals surface area contributed by atoms with E-state index in [4.69, 9.17) is 9.84 Å². The standard InChI is InChI=1S/C7H14O2/c1-5(2)6-3-7(8)9-4-6/h5-8H,3-4H2,1-2H3. The van der Waals surface area contributed by atoms with Gasteiger partial charge in [0.15, 0.2) is 6.29 Å². The van der Waals surface area contributed by atoms with Gasteiger partial charge in [-0.2, -0.15) is 0 Å². The van der Waals surface area contributed by atoms with Crippen molar-refractivity contribution in [1.82, 2.24) is 0 Å². The van der Waals surface area contributed by atoms with Crippen molar-refractivity contribution in [2.45, 2.75) is 26.6 Å². The first kappa shape index (κ1) is 7.03. The predicted octanol–water partition coefficient (Wildman–Crippen LogP) is 0.997. The van der Waals surface area contributed by atoms with E-state index >= 15 is 0 Å². The summed E-state index contributed by atoms with van der Waals surface area (Å²) in [7, 11) is 0. The summed E-state index contributed by atoms with van der Waals surface area (Å²) >= 11 is 0. The average molecular weight is 130 g/mol. The highest BCUT2D eigenvalue weighted by atomic mass is 16.6. The Labute approximate surface area is 55.8 Å². The molecular weight excluding hydrogens is 116 g/mol. The molecule has 1 saturated heterocycles.